The quantitative estimate of drug-likeness (QED) is 0.469. The number of amides is 1. The van der Waals surface area contributed by atoms with E-state index in [1.165, 1.54) is 16.7 Å². The molecule has 1 saturated heterocycles. The van der Waals surface area contributed by atoms with Crippen LogP contribution in [0.4, 0.5) is 0 Å². The molecule has 0 unspecified atom stereocenters. The normalized spacial score (nSPS) is 19.3. The zero-order valence-electron chi connectivity index (χ0n) is 20.3. The van der Waals surface area contributed by atoms with Gasteiger partial charge in [0.2, 0.25) is 0 Å². The Morgan fingerprint density at radius 2 is 1.91 bits per heavy atom. The Morgan fingerprint density at radius 3 is 2.69 bits per heavy atom. The molecule has 2 aromatic carbocycles. The maximum Gasteiger partial charge on any atom is 0.251 e. The highest BCUT2D eigenvalue weighted by molar-refractivity contribution is 5.94. The number of carbonyl (C=O) groups is 1. The number of hydrogen-bond acceptors (Lipinski definition) is 5. The van der Waals surface area contributed by atoms with E-state index in [0.29, 0.717) is 12.2 Å². The van der Waals surface area contributed by atoms with Crippen molar-refractivity contribution in [1.29, 1.82) is 0 Å². The van der Waals surface area contributed by atoms with Crippen molar-refractivity contribution in [2.24, 2.45) is 0 Å². The Morgan fingerprint density at radius 1 is 1.03 bits per heavy atom. The van der Waals surface area contributed by atoms with Crippen molar-refractivity contribution in [1.82, 2.24) is 10.6 Å². The molecule has 2 atom stereocenters. The van der Waals surface area contributed by atoms with Gasteiger partial charge in [0.15, 0.2) is 0 Å². The zero-order chi connectivity index (χ0) is 24.0. The Hall–Kier alpha value is -3.09. The van der Waals surface area contributed by atoms with E-state index in [2.05, 4.69) is 28.8 Å². The minimum atomic E-state index is -0.0295. The van der Waals surface area contributed by atoms with Crippen molar-refractivity contribution in [3.8, 4) is 5.75 Å². The van der Waals surface area contributed by atoms with Crippen LogP contribution in [0.25, 0.3) is 0 Å². The van der Waals surface area contributed by atoms with Crippen LogP contribution in [-0.2, 0) is 30.7 Å². The molecule has 6 nitrogen and oxygen atoms in total. The van der Waals surface area contributed by atoms with Crippen LogP contribution < -0.4 is 15.4 Å². The summed E-state index contributed by atoms with van der Waals surface area (Å²) in [7, 11) is 0. The van der Waals surface area contributed by atoms with Gasteiger partial charge >= 0.3 is 0 Å². The van der Waals surface area contributed by atoms with Crippen molar-refractivity contribution in [2.45, 2.75) is 64.3 Å². The van der Waals surface area contributed by atoms with Crippen LogP contribution >= 0.6 is 0 Å². The average molecular weight is 475 g/mol. The van der Waals surface area contributed by atoms with Crippen molar-refractivity contribution in [3.05, 3.63) is 88.4 Å². The molecule has 1 fully saturated rings. The number of furan rings is 1. The molecule has 5 rings (SSSR count). The van der Waals surface area contributed by atoms with Gasteiger partial charge in [-0.3, -0.25) is 4.79 Å². The van der Waals surface area contributed by atoms with Gasteiger partial charge in [0.25, 0.3) is 5.91 Å². The third-order valence-corrected chi connectivity index (χ3v) is 6.84. The lowest BCUT2D eigenvalue weighted by atomic mass is 9.87. The fraction of sp³-hybridized carbons (Fsp3) is 0.414. The Balaban J connectivity index is 1.09. The summed E-state index contributed by atoms with van der Waals surface area (Å²) in [5.41, 5.74) is 4.64. The van der Waals surface area contributed by atoms with Crippen molar-refractivity contribution >= 4 is 5.91 Å². The summed E-state index contributed by atoms with van der Waals surface area (Å²) in [6.45, 7) is 4.88. The van der Waals surface area contributed by atoms with E-state index < -0.39 is 0 Å². The first-order chi connectivity index (χ1) is 17.1. The van der Waals surface area contributed by atoms with E-state index in [1.807, 2.05) is 43.3 Å². The van der Waals surface area contributed by atoms with E-state index in [-0.39, 0.29) is 18.1 Å². The minimum Gasteiger partial charge on any atom is -0.491 e. The Kier molecular flexibility index (Phi) is 7.50. The monoisotopic (exact) mass is 474 g/mol. The number of nitrogens with one attached hydrogen (secondary N) is 2. The van der Waals surface area contributed by atoms with Crippen molar-refractivity contribution in [2.75, 3.05) is 13.2 Å². The van der Waals surface area contributed by atoms with Crippen molar-refractivity contribution in [3.63, 3.8) is 0 Å². The lowest BCUT2D eigenvalue weighted by Gasteiger charge is -2.26. The maximum atomic E-state index is 12.8. The third-order valence-electron chi connectivity index (χ3n) is 6.84. The van der Waals surface area contributed by atoms with E-state index in [0.717, 1.165) is 69.1 Å². The number of ether oxygens (including phenoxy) is 2. The molecule has 1 aliphatic heterocycles. The number of fused-ring (bicyclic) bond motifs is 1. The van der Waals surface area contributed by atoms with Gasteiger partial charge < -0.3 is 24.5 Å². The van der Waals surface area contributed by atoms with Crippen LogP contribution in [0.1, 0.15) is 57.8 Å². The number of aryl methyl sites for hydroxylation is 2. The van der Waals surface area contributed by atoms with Gasteiger partial charge in [-0.15, -0.1) is 0 Å². The summed E-state index contributed by atoms with van der Waals surface area (Å²) >= 11 is 0. The predicted octanol–water partition coefficient (Wildman–Crippen LogP) is 4.72. The topological polar surface area (TPSA) is 72.7 Å². The fourth-order valence-electron chi connectivity index (χ4n) is 4.89. The second-order valence-corrected chi connectivity index (χ2v) is 9.60. The molecule has 1 aromatic heterocycles. The molecule has 2 N–H and O–H groups in total. The second-order valence-electron chi connectivity index (χ2n) is 9.60. The van der Waals surface area contributed by atoms with Gasteiger partial charge in [0.05, 0.1) is 12.6 Å². The summed E-state index contributed by atoms with van der Waals surface area (Å²) in [5, 5.41) is 6.67. The van der Waals surface area contributed by atoms with Gasteiger partial charge in [0, 0.05) is 24.8 Å². The van der Waals surface area contributed by atoms with Gasteiger partial charge in [-0.25, -0.2) is 0 Å². The number of hydrogen-bond donors (Lipinski definition) is 2. The summed E-state index contributed by atoms with van der Waals surface area (Å²) in [6.07, 6.45) is 5.12. The van der Waals surface area contributed by atoms with E-state index in [1.54, 1.807) is 0 Å². The third kappa shape index (κ3) is 6.32. The van der Waals surface area contributed by atoms with Crippen LogP contribution in [0.3, 0.4) is 0 Å². The van der Waals surface area contributed by atoms with Crippen LogP contribution in [0.5, 0.6) is 5.75 Å². The first-order valence-electron chi connectivity index (χ1n) is 12.6. The SMILES string of the molecule is Cc1ccc(CNCc2ccc3c(c2)CC[C@H](NC(=O)c2ccc(OC[C@@H]4CCCO4)cc2)C3)o1. The van der Waals surface area contributed by atoms with Gasteiger partial charge in [-0.05, 0) is 92.1 Å². The lowest BCUT2D eigenvalue weighted by Crippen LogP contribution is -2.38. The first-order valence-corrected chi connectivity index (χ1v) is 12.6. The van der Waals surface area contributed by atoms with Crippen LogP contribution in [0.2, 0.25) is 0 Å². The highest BCUT2D eigenvalue weighted by Gasteiger charge is 2.21. The maximum absolute atomic E-state index is 12.8. The van der Waals surface area contributed by atoms with E-state index in [4.69, 9.17) is 13.9 Å². The molecule has 6 heteroatoms. The first kappa shape index (κ1) is 23.6. The summed E-state index contributed by atoms with van der Waals surface area (Å²) in [5.74, 6) is 2.64. The molecule has 0 bridgehead atoms. The summed E-state index contributed by atoms with van der Waals surface area (Å²) < 4.78 is 17.0. The van der Waals surface area contributed by atoms with E-state index >= 15 is 0 Å². The lowest BCUT2D eigenvalue weighted by molar-refractivity contribution is 0.0679. The zero-order valence-corrected chi connectivity index (χ0v) is 20.3. The summed E-state index contributed by atoms with van der Waals surface area (Å²) in [6, 6.07) is 18.2. The molecular formula is C29H34N2O4. The second kappa shape index (κ2) is 11.1. The average Bonchev–Trinajstić information content (AvgIpc) is 3.55. The molecule has 2 aliphatic rings. The molecule has 35 heavy (non-hydrogen) atoms. The molecule has 0 spiro atoms. The molecule has 3 aromatic rings. The van der Waals surface area contributed by atoms with Gasteiger partial charge in [0.1, 0.15) is 23.9 Å². The standard InChI is InChI=1S/C29H34N2O4/c1-20-4-11-27(35-20)18-30-17-21-5-6-24-16-25(10-7-23(24)15-21)31-29(32)22-8-12-26(13-9-22)34-19-28-3-2-14-33-28/h4-6,8-9,11-13,15,25,28,30H,2-3,7,10,14,16-19H2,1H3,(H,31,32)/t25-,28-/m0/s1. The fourth-order valence-corrected chi connectivity index (χ4v) is 4.89. The molecule has 1 aliphatic carbocycles. The highest BCUT2D eigenvalue weighted by Crippen LogP contribution is 2.24. The molecule has 1 amide bonds. The number of carbonyl (C=O) groups excluding carboxylic acids is 1. The molecule has 184 valence electrons. The van der Waals surface area contributed by atoms with Crippen LogP contribution in [0.15, 0.2) is 59.0 Å². The van der Waals surface area contributed by atoms with Crippen molar-refractivity contribution < 1.29 is 18.7 Å². The summed E-state index contributed by atoms with van der Waals surface area (Å²) in [4.78, 5) is 12.8. The predicted molar refractivity (Wildman–Crippen MR) is 135 cm³/mol. The van der Waals surface area contributed by atoms with Gasteiger partial charge in [-0.1, -0.05) is 18.2 Å². The molecule has 2 heterocycles. The minimum absolute atomic E-state index is 0.0295. The Labute approximate surface area is 207 Å². The van der Waals surface area contributed by atoms with Crippen LogP contribution in [0, 0.1) is 6.92 Å². The number of benzene rings is 2. The molecule has 0 radical (unpaired) electrons. The largest absolute Gasteiger partial charge is 0.491 e. The molecular weight excluding hydrogens is 440 g/mol. The van der Waals surface area contributed by atoms with Gasteiger partial charge in [-0.2, -0.15) is 0 Å². The highest BCUT2D eigenvalue weighted by atomic mass is 16.5. The molecule has 0 saturated carbocycles. The van der Waals surface area contributed by atoms with Crippen LogP contribution in [-0.4, -0.2) is 31.3 Å². The van der Waals surface area contributed by atoms with E-state index in [9.17, 15) is 4.79 Å². The Bertz CT molecular complexity index is 1130. The smallest absolute Gasteiger partial charge is 0.251 e. The number of rotatable bonds is 9.